The summed E-state index contributed by atoms with van der Waals surface area (Å²) in [6.45, 7) is 1.50. The van der Waals surface area contributed by atoms with Crippen LogP contribution in [0.3, 0.4) is 0 Å². The fraction of sp³-hybridized carbons (Fsp3) is 0.455. The molecular formula is C11H15NO3. The molecule has 0 radical (unpaired) electrons. The van der Waals surface area contributed by atoms with Crippen LogP contribution in [0.1, 0.15) is 11.1 Å². The van der Waals surface area contributed by atoms with Crippen molar-refractivity contribution < 1.29 is 14.2 Å². The van der Waals surface area contributed by atoms with Crippen LogP contribution in [0.5, 0.6) is 11.5 Å². The van der Waals surface area contributed by atoms with Crippen molar-refractivity contribution in [2.24, 2.45) is 5.73 Å². The van der Waals surface area contributed by atoms with E-state index in [1.807, 2.05) is 12.1 Å². The van der Waals surface area contributed by atoms with E-state index in [4.69, 9.17) is 19.9 Å². The van der Waals surface area contributed by atoms with Crippen LogP contribution < -0.4 is 15.2 Å². The summed E-state index contributed by atoms with van der Waals surface area (Å²) in [5.74, 6) is 1.74. The Kier molecular flexibility index (Phi) is 3.08. The van der Waals surface area contributed by atoms with Crippen LogP contribution >= 0.6 is 0 Å². The van der Waals surface area contributed by atoms with Gasteiger partial charge in [0, 0.05) is 5.56 Å². The van der Waals surface area contributed by atoms with Gasteiger partial charge in [-0.2, -0.15) is 0 Å². The van der Waals surface area contributed by atoms with Crippen molar-refractivity contribution in [3.05, 3.63) is 23.3 Å². The summed E-state index contributed by atoms with van der Waals surface area (Å²) in [5, 5.41) is 0. The Hall–Kier alpha value is -1.26. The third-order valence-corrected chi connectivity index (χ3v) is 2.43. The van der Waals surface area contributed by atoms with E-state index in [9.17, 15) is 0 Å². The van der Waals surface area contributed by atoms with Crippen LogP contribution in [0.25, 0.3) is 0 Å². The highest BCUT2D eigenvalue weighted by Gasteiger charge is 2.14. The van der Waals surface area contributed by atoms with Gasteiger partial charge in [0.25, 0.3) is 0 Å². The van der Waals surface area contributed by atoms with E-state index in [1.165, 1.54) is 0 Å². The predicted octanol–water partition coefficient (Wildman–Crippen LogP) is 1.06. The molecule has 1 aromatic carbocycles. The summed E-state index contributed by atoms with van der Waals surface area (Å²) >= 11 is 0. The van der Waals surface area contributed by atoms with E-state index < -0.39 is 0 Å². The number of hydrogen-bond acceptors (Lipinski definition) is 4. The first kappa shape index (κ1) is 10.3. The minimum Gasteiger partial charge on any atom is -0.496 e. The maximum atomic E-state index is 5.54. The zero-order valence-electron chi connectivity index (χ0n) is 8.79. The molecule has 1 aromatic rings. The molecule has 0 aromatic heterocycles. The molecule has 82 valence electrons. The molecule has 0 aliphatic carbocycles. The molecule has 4 nitrogen and oxygen atoms in total. The minimum absolute atomic E-state index is 0.321. The molecule has 0 saturated heterocycles. The minimum atomic E-state index is 0.321. The van der Waals surface area contributed by atoms with Gasteiger partial charge in [0.05, 0.1) is 13.7 Å². The van der Waals surface area contributed by atoms with Gasteiger partial charge in [-0.25, -0.2) is 0 Å². The van der Waals surface area contributed by atoms with Crippen molar-refractivity contribution in [3.8, 4) is 11.5 Å². The number of benzene rings is 1. The first-order valence-corrected chi connectivity index (χ1v) is 4.95. The lowest BCUT2D eigenvalue weighted by atomic mass is 10.1. The highest BCUT2D eigenvalue weighted by Crippen LogP contribution is 2.31. The Morgan fingerprint density at radius 1 is 1.47 bits per heavy atom. The number of nitrogens with two attached hydrogens (primary N) is 1. The second kappa shape index (κ2) is 4.51. The lowest BCUT2D eigenvalue weighted by molar-refractivity contribution is -0.0165. The van der Waals surface area contributed by atoms with Gasteiger partial charge in [0.15, 0.2) is 6.79 Å². The van der Waals surface area contributed by atoms with E-state index in [0.717, 1.165) is 29.0 Å². The maximum Gasteiger partial charge on any atom is 0.189 e. The standard InChI is InChI=1S/C11H15NO3/c1-13-10-5-9-6-14-7-15-11(9)4-8(10)2-3-12/h4-5H,2-3,6-7,12H2,1H3. The van der Waals surface area contributed by atoms with Gasteiger partial charge in [0.2, 0.25) is 0 Å². The molecule has 4 heteroatoms. The highest BCUT2D eigenvalue weighted by molar-refractivity contribution is 5.46. The Labute approximate surface area is 88.9 Å². The van der Waals surface area contributed by atoms with Gasteiger partial charge in [-0.3, -0.25) is 0 Å². The van der Waals surface area contributed by atoms with Crippen LogP contribution in [0.15, 0.2) is 12.1 Å². The quantitative estimate of drug-likeness (QED) is 0.808. The smallest absolute Gasteiger partial charge is 0.189 e. The molecule has 1 aliphatic rings. The van der Waals surface area contributed by atoms with Gasteiger partial charge in [0.1, 0.15) is 11.5 Å². The molecule has 1 aliphatic heterocycles. The second-order valence-electron chi connectivity index (χ2n) is 3.42. The Balaban J connectivity index is 2.37. The van der Waals surface area contributed by atoms with Gasteiger partial charge >= 0.3 is 0 Å². The summed E-state index contributed by atoms with van der Waals surface area (Å²) in [5.41, 5.74) is 7.65. The van der Waals surface area contributed by atoms with Gasteiger partial charge in [-0.05, 0) is 30.7 Å². The van der Waals surface area contributed by atoms with Crippen molar-refractivity contribution in [3.63, 3.8) is 0 Å². The van der Waals surface area contributed by atoms with Crippen LogP contribution in [0.4, 0.5) is 0 Å². The molecule has 0 saturated carbocycles. The summed E-state index contributed by atoms with van der Waals surface area (Å²) in [4.78, 5) is 0. The van der Waals surface area contributed by atoms with Crippen molar-refractivity contribution in [1.82, 2.24) is 0 Å². The fourth-order valence-electron chi connectivity index (χ4n) is 1.69. The van der Waals surface area contributed by atoms with E-state index in [-0.39, 0.29) is 0 Å². The third kappa shape index (κ3) is 2.06. The molecule has 0 fully saturated rings. The molecule has 0 spiro atoms. The molecule has 1 heterocycles. The molecule has 2 N–H and O–H groups in total. The lowest BCUT2D eigenvalue weighted by Gasteiger charge is -2.20. The molecular weight excluding hydrogens is 194 g/mol. The van der Waals surface area contributed by atoms with E-state index in [0.29, 0.717) is 19.9 Å². The topological polar surface area (TPSA) is 53.7 Å². The van der Waals surface area contributed by atoms with Gasteiger partial charge < -0.3 is 19.9 Å². The second-order valence-corrected chi connectivity index (χ2v) is 3.42. The summed E-state index contributed by atoms with van der Waals surface area (Å²) in [7, 11) is 1.66. The SMILES string of the molecule is COc1cc2c(cc1CCN)OCOC2. The molecule has 0 atom stereocenters. The predicted molar refractivity (Wildman–Crippen MR) is 56.0 cm³/mol. The van der Waals surface area contributed by atoms with E-state index in [1.54, 1.807) is 7.11 Å². The summed E-state index contributed by atoms with van der Waals surface area (Å²) in [6.07, 6.45) is 0.792. The fourth-order valence-corrected chi connectivity index (χ4v) is 1.69. The number of methoxy groups -OCH3 is 1. The Morgan fingerprint density at radius 2 is 2.33 bits per heavy atom. The number of fused-ring (bicyclic) bond motifs is 1. The summed E-state index contributed by atoms with van der Waals surface area (Å²) < 4.78 is 15.9. The van der Waals surface area contributed by atoms with Crippen molar-refractivity contribution >= 4 is 0 Å². The van der Waals surface area contributed by atoms with Crippen LogP contribution in [0, 0.1) is 0 Å². The molecule has 2 rings (SSSR count). The van der Waals surface area contributed by atoms with E-state index >= 15 is 0 Å². The monoisotopic (exact) mass is 209 g/mol. The van der Waals surface area contributed by atoms with Gasteiger partial charge in [-0.1, -0.05) is 0 Å². The Morgan fingerprint density at radius 3 is 3.07 bits per heavy atom. The third-order valence-electron chi connectivity index (χ3n) is 2.43. The van der Waals surface area contributed by atoms with Crippen LogP contribution in [0.2, 0.25) is 0 Å². The highest BCUT2D eigenvalue weighted by atomic mass is 16.7. The average Bonchev–Trinajstić information content (AvgIpc) is 2.28. The van der Waals surface area contributed by atoms with Gasteiger partial charge in [-0.15, -0.1) is 0 Å². The molecule has 0 unspecified atom stereocenters. The zero-order valence-corrected chi connectivity index (χ0v) is 8.79. The maximum absolute atomic E-state index is 5.54. The summed E-state index contributed by atoms with van der Waals surface area (Å²) in [6, 6.07) is 3.95. The van der Waals surface area contributed by atoms with Crippen LogP contribution in [-0.2, 0) is 17.8 Å². The normalized spacial score (nSPS) is 14.3. The zero-order chi connectivity index (χ0) is 10.7. The number of ether oxygens (including phenoxy) is 3. The average molecular weight is 209 g/mol. The van der Waals surface area contributed by atoms with Crippen molar-refractivity contribution in [2.45, 2.75) is 13.0 Å². The lowest BCUT2D eigenvalue weighted by Crippen LogP contribution is -2.13. The largest absolute Gasteiger partial charge is 0.496 e. The Bertz CT molecular complexity index is 352. The molecule has 15 heavy (non-hydrogen) atoms. The molecule has 0 bridgehead atoms. The number of hydrogen-bond donors (Lipinski definition) is 1. The first-order valence-electron chi connectivity index (χ1n) is 4.95. The van der Waals surface area contributed by atoms with Crippen molar-refractivity contribution in [2.75, 3.05) is 20.4 Å². The number of rotatable bonds is 3. The first-order chi connectivity index (χ1) is 7.35. The van der Waals surface area contributed by atoms with E-state index in [2.05, 4.69) is 0 Å². The van der Waals surface area contributed by atoms with Crippen molar-refractivity contribution in [1.29, 1.82) is 0 Å². The van der Waals surface area contributed by atoms with Crippen LogP contribution in [-0.4, -0.2) is 20.4 Å². The molecule has 0 amide bonds.